The predicted octanol–water partition coefficient (Wildman–Crippen LogP) is 1.38. The van der Waals surface area contributed by atoms with Crippen LogP contribution < -0.4 is 43.4 Å². The second kappa shape index (κ2) is 22.8. The molecule has 1 unspecified atom stereocenters. The highest BCUT2D eigenvalue weighted by Crippen LogP contribution is 2.28. The molecule has 4 bridgehead atoms. The minimum Gasteiger partial charge on any atom is -0.508 e. The van der Waals surface area contributed by atoms with Crippen molar-refractivity contribution >= 4 is 35.8 Å². The molecule has 0 radical (unpaired) electrons. The normalized spacial score (nSPS) is 18.2. The number of hydrogen-bond donors (Lipinski definition) is 10. The Kier molecular flexibility index (Phi) is 18.6. The van der Waals surface area contributed by atoms with Gasteiger partial charge in [-0.05, 0) is 115 Å². The Bertz CT molecular complexity index is 1790. The molecule has 332 valence electrons. The Morgan fingerprint density at radius 2 is 1.52 bits per heavy atom. The maximum Gasteiger partial charge on any atom is 0.408 e. The van der Waals surface area contributed by atoms with Crippen LogP contribution in [0.5, 0.6) is 5.75 Å². The summed E-state index contributed by atoms with van der Waals surface area (Å²) in [5.41, 5.74) is 12.3. The quantitative estimate of drug-likeness (QED) is 0.114. The maximum atomic E-state index is 14.2. The summed E-state index contributed by atoms with van der Waals surface area (Å²) >= 11 is 0. The van der Waals surface area contributed by atoms with Crippen molar-refractivity contribution in [1.82, 2.24) is 31.9 Å². The molecule has 6 amide bonds. The SMILES string of the molecule is CC(C)(C)OC(=O)NCCC[C@@H]1NC(=O)[C@@H](NC(=O)OC(C)(C)C)Cc2cc(ccc2O)-c2cccc(c2)C[C@@H](CC(=O)NCC(O)CNC(=O)[C@@H](N)CCCN)NC1=O. The highest BCUT2D eigenvalue weighted by molar-refractivity contribution is 5.92. The number of aliphatic hydroxyl groups excluding tert-OH is 1. The minimum absolute atomic E-state index is 0.0233. The zero-order chi connectivity index (χ0) is 44.6. The van der Waals surface area contributed by atoms with Gasteiger partial charge in [-0.15, -0.1) is 0 Å². The lowest BCUT2D eigenvalue weighted by molar-refractivity contribution is -0.131. The number of rotatable bonds is 15. The number of carbonyl (C=O) groups excluding carboxylic acids is 6. The number of aliphatic hydroxyl groups is 1. The minimum atomic E-state index is -1.31. The second-order valence-corrected chi connectivity index (χ2v) is 16.9. The molecule has 12 N–H and O–H groups in total. The van der Waals surface area contributed by atoms with Gasteiger partial charge in [0, 0.05) is 38.5 Å². The number of carbonyl (C=O) groups is 6. The van der Waals surface area contributed by atoms with E-state index in [2.05, 4.69) is 31.9 Å². The van der Waals surface area contributed by atoms with Crippen molar-refractivity contribution in [2.75, 3.05) is 26.2 Å². The smallest absolute Gasteiger partial charge is 0.408 e. The molecule has 0 saturated carbocycles. The summed E-state index contributed by atoms with van der Waals surface area (Å²) in [5, 5.41) is 37.5. The van der Waals surface area contributed by atoms with E-state index in [1.807, 2.05) is 24.3 Å². The molecular weight excluding hydrogens is 777 g/mol. The molecule has 1 aliphatic rings. The molecule has 2 aromatic carbocycles. The number of fused-ring (bicyclic) bond motifs is 5. The van der Waals surface area contributed by atoms with Crippen molar-refractivity contribution in [2.45, 2.75) is 128 Å². The molecule has 5 atom stereocenters. The van der Waals surface area contributed by atoms with Crippen molar-refractivity contribution < 1.29 is 48.5 Å². The van der Waals surface area contributed by atoms with Gasteiger partial charge in [-0.2, -0.15) is 0 Å². The Balaban J connectivity index is 1.92. The number of nitrogens with one attached hydrogen (secondary N) is 6. The largest absolute Gasteiger partial charge is 0.508 e. The molecule has 2 aromatic rings. The number of amides is 6. The number of phenolic OH excluding ortho intramolecular Hbond substituents is 1. The summed E-state index contributed by atoms with van der Waals surface area (Å²) < 4.78 is 10.7. The summed E-state index contributed by atoms with van der Waals surface area (Å²) in [6.45, 7) is 10.3. The van der Waals surface area contributed by atoms with Crippen LogP contribution in [0.25, 0.3) is 11.1 Å². The van der Waals surface area contributed by atoms with Gasteiger partial charge in [-0.25, -0.2) is 9.59 Å². The van der Waals surface area contributed by atoms with Crippen LogP contribution in [0.4, 0.5) is 9.59 Å². The average Bonchev–Trinajstić information content (AvgIpc) is 3.15. The summed E-state index contributed by atoms with van der Waals surface area (Å²) in [5.74, 6) is -2.47. The van der Waals surface area contributed by atoms with Gasteiger partial charge in [0.25, 0.3) is 0 Å². The van der Waals surface area contributed by atoms with E-state index in [0.717, 1.165) is 11.1 Å². The molecular formula is C42H64N8O10. The van der Waals surface area contributed by atoms with Crippen LogP contribution in [0.15, 0.2) is 42.5 Å². The van der Waals surface area contributed by atoms with E-state index >= 15 is 0 Å². The zero-order valence-electron chi connectivity index (χ0n) is 35.5. The number of hydrogen-bond acceptors (Lipinski definition) is 12. The first-order valence-corrected chi connectivity index (χ1v) is 20.3. The fourth-order valence-electron chi connectivity index (χ4n) is 6.22. The number of aromatic hydroxyl groups is 1. The molecule has 0 spiro atoms. The Labute approximate surface area is 351 Å². The molecule has 3 rings (SSSR count). The molecule has 18 nitrogen and oxygen atoms in total. The van der Waals surface area contributed by atoms with E-state index in [0.29, 0.717) is 30.5 Å². The van der Waals surface area contributed by atoms with E-state index in [1.54, 1.807) is 53.7 Å². The van der Waals surface area contributed by atoms with Gasteiger partial charge < -0.3 is 63.1 Å². The summed E-state index contributed by atoms with van der Waals surface area (Å²) in [6.07, 6.45) is -1.71. The fourth-order valence-corrected chi connectivity index (χ4v) is 6.22. The van der Waals surface area contributed by atoms with Crippen molar-refractivity contribution in [3.63, 3.8) is 0 Å². The summed E-state index contributed by atoms with van der Waals surface area (Å²) in [7, 11) is 0. The lowest BCUT2D eigenvalue weighted by Gasteiger charge is -2.27. The van der Waals surface area contributed by atoms with Gasteiger partial charge in [-0.1, -0.05) is 30.3 Å². The van der Waals surface area contributed by atoms with Gasteiger partial charge in [0.05, 0.1) is 12.1 Å². The number of nitrogens with two attached hydrogens (primary N) is 2. The second-order valence-electron chi connectivity index (χ2n) is 16.9. The third kappa shape index (κ3) is 17.8. The predicted molar refractivity (Wildman–Crippen MR) is 224 cm³/mol. The first-order chi connectivity index (χ1) is 28.1. The standard InChI is InChI=1S/C42H64N8O10/c1-41(2,3)59-39(57)45-17-9-13-32-37(55)48-29(22-35(53)46-23-30(51)24-47-36(54)31(44)12-8-16-43)19-25-10-7-11-26(18-25)27-14-15-34(52)28(20-27)21-33(38(56)49-32)50-40(58)60-42(4,5)6/h7,10-11,14-15,18,20,29-33,51-52H,8-9,12-13,16-17,19,21-24,43-44H2,1-6H3,(H,45,57)(H,46,53)(H,47,54)(H,48,55)(H,49,56)(H,50,58)/t29-,30?,31-,32-,33-/m0/s1. The van der Waals surface area contributed by atoms with Crippen LogP contribution in [-0.2, 0) is 41.5 Å². The van der Waals surface area contributed by atoms with E-state index in [-0.39, 0.29) is 57.5 Å². The van der Waals surface area contributed by atoms with Crippen molar-refractivity contribution in [3.05, 3.63) is 53.6 Å². The van der Waals surface area contributed by atoms with E-state index in [4.69, 9.17) is 20.9 Å². The van der Waals surface area contributed by atoms with E-state index in [1.165, 1.54) is 6.07 Å². The van der Waals surface area contributed by atoms with Gasteiger partial charge in [0.1, 0.15) is 29.0 Å². The highest BCUT2D eigenvalue weighted by atomic mass is 16.6. The Morgan fingerprint density at radius 1 is 0.850 bits per heavy atom. The third-order valence-electron chi connectivity index (χ3n) is 9.11. The molecule has 0 aromatic heterocycles. The van der Waals surface area contributed by atoms with E-state index < -0.39 is 77.3 Å². The van der Waals surface area contributed by atoms with Gasteiger partial charge >= 0.3 is 12.2 Å². The van der Waals surface area contributed by atoms with Gasteiger partial charge in [0.15, 0.2) is 0 Å². The van der Waals surface area contributed by atoms with Crippen LogP contribution in [-0.4, -0.2) is 114 Å². The Hall–Kier alpha value is -5.46. The van der Waals surface area contributed by atoms with Crippen LogP contribution >= 0.6 is 0 Å². The highest BCUT2D eigenvalue weighted by Gasteiger charge is 2.31. The molecule has 1 aliphatic heterocycles. The molecule has 0 aliphatic carbocycles. The summed E-state index contributed by atoms with van der Waals surface area (Å²) in [6, 6.07) is 8.18. The number of benzene rings is 2. The lowest BCUT2D eigenvalue weighted by Crippen LogP contribution is -2.56. The monoisotopic (exact) mass is 840 g/mol. The lowest BCUT2D eigenvalue weighted by atomic mass is 9.95. The van der Waals surface area contributed by atoms with Crippen LogP contribution in [0.2, 0.25) is 0 Å². The van der Waals surface area contributed by atoms with Crippen LogP contribution in [0, 0.1) is 0 Å². The topological polar surface area (TPSA) is 286 Å². The van der Waals surface area contributed by atoms with Gasteiger partial charge in [-0.3, -0.25) is 19.2 Å². The van der Waals surface area contributed by atoms with Crippen LogP contribution in [0.3, 0.4) is 0 Å². The number of ether oxygens (including phenoxy) is 2. The first-order valence-electron chi connectivity index (χ1n) is 20.3. The van der Waals surface area contributed by atoms with Crippen molar-refractivity contribution in [3.8, 4) is 16.9 Å². The van der Waals surface area contributed by atoms with Crippen molar-refractivity contribution in [2.24, 2.45) is 11.5 Å². The first kappa shape index (κ1) is 48.9. The van der Waals surface area contributed by atoms with Gasteiger partial charge in [0.2, 0.25) is 23.6 Å². The molecule has 0 saturated heterocycles. The van der Waals surface area contributed by atoms with E-state index in [9.17, 15) is 39.0 Å². The van der Waals surface area contributed by atoms with Crippen molar-refractivity contribution in [1.29, 1.82) is 0 Å². The molecule has 60 heavy (non-hydrogen) atoms. The molecule has 18 heteroatoms. The zero-order valence-corrected chi connectivity index (χ0v) is 35.5. The maximum absolute atomic E-state index is 14.2. The van der Waals surface area contributed by atoms with Crippen LogP contribution in [0.1, 0.15) is 84.8 Å². The average molecular weight is 841 g/mol. The number of phenols is 1. The Morgan fingerprint density at radius 3 is 2.20 bits per heavy atom. The molecule has 0 fully saturated rings. The summed E-state index contributed by atoms with van der Waals surface area (Å²) in [4.78, 5) is 79.2. The number of alkyl carbamates (subject to hydrolysis) is 2. The molecule has 1 heterocycles. The third-order valence-corrected chi connectivity index (χ3v) is 9.11. The fraction of sp³-hybridized carbons (Fsp3) is 0.571.